The zero-order valence-corrected chi connectivity index (χ0v) is 8.38. The van der Waals surface area contributed by atoms with E-state index in [1.54, 1.807) is 6.92 Å². The Morgan fingerprint density at radius 1 is 1.56 bits per heavy atom. The van der Waals surface area contributed by atoms with Gasteiger partial charge in [-0.25, -0.2) is 4.79 Å². The fraction of sp³-hybridized carbons (Fsp3) is 0.444. The molecule has 7 heteroatoms. The highest BCUT2D eigenvalue weighted by atomic mass is 19.4. The zero-order valence-electron chi connectivity index (χ0n) is 8.38. The fourth-order valence-corrected chi connectivity index (χ4v) is 0.993. The van der Waals surface area contributed by atoms with E-state index in [1.165, 1.54) is 0 Å². The minimum Gasteiger partial charge on any atom is -0.460 e. The van der Waals surface area contributed by atoms with Gasteiger partial charge in [0.1, 0.15) is 5.76 Å². The van der Waals surface area contributed by atoms with Crippen molar-refractivity contribution in [3.63, 3.8) is 0 Å². The van der Waals surface area contributed by atoms with Crippen molar-refractivity contribution < 1.29 is 27.1 Å². The molecule has 1 aromatic heterocycles. The Balaban J connectivity index is 2.83. The third kappa shape index (κ3) is 2.75. The van der Waals surface area contributed by atoms with Gasteiger partial charge in [-0.1, -0.05) is 0 Å². The molecule has 0 spiro atoms. The first-order chi connectivity index (χ1) is 7.36. The van der Waals surface area contributed by atoms with Gasteiger partial charge in [-0.2, -0.15) is 13.2 Å². The van der Waals surface area contributed by atoms with E-state index in [0.717, 1.165) is 12.1 Å². The SMILES string of the molecule is CCOC(=O)c1ccc([C@@H](N)C(F)(F)F)o1. The van der Waals surface area contributed by atoms with Crippen LogP contribution in [-0.4, -0.2) is 18.8 Å². The summed E-state index contributed by atoms with van der Waals surface area (Å²) in [6.45, 7) is 1.68. The van der Waals surface area contributed by atoms with Crippen molar-refractivity contribution in [2.24, 2.45) is 5.73 Å². The molecular weight excluding hydrogens is 227 g/mol. The van der Waals surface area contributed by atoms with Crippen LogP contribution in [0.4, 0.5) is 13.2 Å². The smallest absolute Gasteiger partial charge is 0.410 e. The summed E-state index contributed by atoms with van der Waals surface area (Å²) >= 11 is 0. The summed E-state index contributed by atoms with van der Waals surface area (Å²) < 4.78 is 45.8. The van der Waals surface area contributed by atoms with Crippen molar-refractivity contribution in [3.8, 4) is 0 Å². The Morgan fingerprint density at radius 2 is 2.19 bits per heavy atom. The van der Waals surface area contributed by atoms with Gasteiger partial charge >= 0.3 is 12.1 Å². The lowest BCUT2D eigenvalue weighted by Gasteiger charge is -2.12. The Labute approximate surface area is 89.2 Å². The van der Waals surface area contributed by atoms with Crippen LogP contribution < -0.4 is 5.73 Å². The summed E-state index contributed by atoms with van der Waals surface area (Å²) in [6, 6.07) is -0.140. The molecule has 1 atom stereocenters. The van der Waals surface area contributed by atoms with E-state index >= 15 is 0 Å². The highest BCUT2D eigenvalue weighted by Gasteiger charge is 2.40. The Bertz CT molecular complexity index is 372. The lowest BCUT2D eigenvalue weighted by molar-refractivity contribution is -0.152. The van der Waals surface area contributed by atoms with Crippen molar-refractivity contribution in [3.05, 3.63) is 23.7 Å². The number of carbonyl (C=O) groups is 1. The van der Waals surface area contributed by atoms with E-state index in [2.05, 4.69) is 9.15 Å². The van der Waals surface area contributed by atoms with Crippen LogP contribution >= 0.6 is 0 Å². The predicted molar refractivity (Wildman–Crippen MR) is 47.6 cm³/mol. The largest absolute Gasteiger partial charge is 0.460 e. The van der Waals surface area contributed by atoms with Crippen LogP contribution in [0, 0.1) is 0 Å². The quantitative estimate of drug-likeness (QED) is 0.817. The van der Waals surface area contributed by atoms with Crippen LogP contribution in [0.3, 0.4) is 0 Å². The molecule has 0 bridgehead atoms. The molecule has 0 saturated carbocycles. The topological polar surface area (TPSA) is 65.5 Å². The van der Waals surface area contributed by atoms with Gasteiger partial charge in [-0.3, -0.25) is 0 Å². The first-order valence-corrected chi connectivity index (χ1v) is 4.45. The zero-order chi connectivity index (χ0) is 12.3. The van der Waals surface area contributed by atoms with Crippen molar-refractivity contribution >= 4 is 5.97 Å². The number of hydrogen-bond acceptors (Lipinski definition) is 4. The summed E-state index contributed by atoms with van der Waals surface area (Å²) in [5.41, 5.74) is 4.89. The van der Waals surface area contributed by atoms with E-state index in [9.17, 15) is 18.0 Å². The second-order valence-electron chi connectivity index (χ2n) is 2.94. The molecule has 0 fully saturated rings. The van der Waals surface area contributed by atoms with Crippen molar-refractivity contribution in [1.29, 1.82) is 0 Å². The van der Waals surface area contributed by atoms with Crippen molar-refractivity contribution in [1.82, 2.24) is 0 Å². The van der Waals surface area contributed by atoms with Crippen LogP contribution in [-0.2, 0) is 4.74 Å². The van der Waals surface area contributed by atoms with Crippen LogP contribution in [0.25, 0.3) is 0 Å². The van der Waals surface area contributed by atoms with E-state index in [1.807, 2.05) is 0 Å². The lowest BCUT2D eigenvalue weighted by Crippen LogP contribution is -2.27. The summed E-state index contributed by atoms with van der Waals surface area (Å²) in [4.78, 5) is 11.1. The van der Waals surface area contributed by atoms with Gasteiger partial charge in [0.2, 0.25) is 5.76 Å². The van der Waals surface area contributed by atoms with Gasteiger partial charge in [-0.05, 0) is 19.1 Å². The highest BCUT2D eigenvalue weighted by molar-refractivity contribution is 5.86. The maximum absolute atomic E-state index is 12.2. The summed E-state index contributed by atoms with van der Waals surface area (Å²) in [6.07, 6.45) is -4.61. The van der Waals surface area contributed by atoms with Gasteiger partial charge in [0.15, 0.2) is 6.04 Å². The maximum atomic E-state index is 12.2. The number of esters is 1. The summed E-state index contributed by atoms with van der Waals surface area (Å²) in [7, 11) is 0. The van der Waals surface area contributed by atoms with E-state index in [0.29, 0.717) is 0 Å². The molecule has 0 saturated heterocycles. The molecule has 0 amide bonds. The standard InChI is InChI=1S/C9H10F3NO3/c1-2-15-8(14)6-4-3-5(16-6)7(13)9(10,11)12/h3-4,7H,2,13H2,1H3/t7-/m1/s1. The first kappa shape index (κ1) is 12.6. The minimum atomic E-state index is -4.61. The molecule has 0 unspecified atom stereocenters. The van der Waals surface area contributed by atoms with E-state index in [4.69, 9.17) is 5.73 Å². The molecule has 0 aliphatic carbocycles. The number of alkyl halides is 3. The van der Waals surface area contributed by atoms with Crippen molar-refractivity contribution in [2.45, 2.75) is 19.1 Å². The molecule has 0 aliphatic heterocycles. The molecule has 0 aliphatic rings. The molecule has 1 rings (SSSR count). The molecule has 90 valence electrons. The summed E-state index contributed by atoms with van der Waals surface area (Å²) in [5, 5.41) is 0. The van der Waals surface area contributed by atoms with Crippen LogP contribution in [0.2, 0.25) is 0 Å². The molecule has 4 nitrogen and oxygen atoms in total. The van der Waals surface area contributed by atoms with Gasteiger partial charge in [0, 0.05) is 0 Å². The van der Waals surface area contributed by atoms with Gasteiger partial charge in [0.05, 0.1) is 6.61 Å². The minimum absolute atomic E-state index is 0.111. The van der Waals surface area contributed by atoms with E-state index in [-0.39, 0.29) is 12.4 Å². The van der Waals surface area contributed by atoms with Gasteiger partial charge in [-0.15, -0.1) is 0 Å². The lowest BCUT2D eigenvalue weighted by atomic mass is 10.2. The number of furan rings is 1. The average molecular weight is 237 g/mol. The van der Waals surface area contributed by atoms with Crippen LogP contribution in [0.1, 0.15) is 29.3 Å². The molecule has 1 aromatic rings. The number of nitrogens with two attached hydrogens (primary N) is 1. The van der Waals surface area contributed by atoms with Crippen LogP contribution in [0.15, 0.2) is 16.5 Å². The Kier molecular flexibility index (Phi) is 3.58. The number of halogens is 3. The number of rotatable bonds is 3. The highest BCUT2D eigenvalue weighted by Crippen LogP contribution is 2.31. The third-order valence-corrected chi connectivity index (χ3v) is 1.76. The predicted octanol–water partition coefficient (Wildman–Crippen LogP) is 2.02. The number of ether oxygens (including phenoxy) is 1. The third-order valence-electron chi connectivity index (χ3n) is 1.76. The molecule has 0 aromatic carbocycles. The van der Waals surface area contributed by atoms with Crippen molar-refractivity contribution in [2.75, 3.05) is 6.61 Å². The first-order valence-electron chi connectivity index (χ1n) is 4.45. The molecule has 16 heavy (non-hydrogen) atoms. The molecular formula is C9H10F3NO3. The molecule has 0 radical (unpaired) electrons. The second kappa shape index (κ2) is 4.56. The Morgan fingerprint density at radius 3 is 2.69 bits per heavy atom. The second-order valence-corrected chi connectivity index (χ2v) is 2.94. The normalized spacial score (nSPS) is 13.6. The Hall–Kier alpha value is -1.50. The number of carbonyl (C=O) groups excluding carboxylic acids is 1. The molecule has 2 N–H and O–H groups in total. The monoisotopic (exact) mass is 237 g/mol. The average Bonchev–Trinajstić information content (AvgIpc) is 2.64. The number of hydrogen-bond donors (Lipinski definition) is 1. The van der Waals surface area contributed by atoms with E-state index < -0.39 is 23.9 Å². The summed E-state index contributed by atoms with van der Waals surface area (Å²) in [5.74, 6) is -1.63. The maximum Gasteiger partial charge on any atom is 0.410 e. The fourth-order valence-electron chi connectivity index (χ4n) is 0.993. The van der Waals surface area contributed by atoms with Gasteiger partial charge in [0.25, 0.3) is 0 Å². The van der Waals surface area contributed by atoms with Gasteiger partial charge < -0.3 is 14.9 Å². The van der Waals surface area contributed by atoms with Crippen LogP contribution in [0.5, 0.6) is 0 Å². The molecule has 1 heterocycles.